The highest BCUT2D eigenvalue weighted by molar-refractivity contribution is 5.43. The molecule has 3 rings (SSSR count). The van der Waals surface area contributed by atoms with E-state index in [-0.39, 0.29) is 0 Å². The van der Waals surface area contributed by atoms with Gasteiger partial charge >= 0.3 is 0 Å². The molecule has 0 aliphatic carbocycles. The largest absolute Gasteiger partial charge is 0.493 e. The minimum absolute atomic E-state index is 0.485. The van der Waals surface area contributed by atoms with E-state index in [0.29, 0.717) is 6.61 Å². The molecule has 0 radical (unpaired) electrons. The predicted molar refractivity (Wildman–Crippen MR) is 118 cm³/mol. The minimum atomic E-state index is 0.485. The third-order valence-electron chi connectivity index (χ3n) is 5.00. The second-order valence-corrected chi connectivity index (χ2v) is 7.65. The molecular weight excluding hydrogens is 364 g/mol. The second kappa shape index (κ2) is 10.3. The number of piperazine rings is 1. The third kappa shape index (κ3) is 6.21. The van der Waals surface area contributed by atoms with E-state index in [9.17, 15) is 0 Å². The van der Waals surface area contributed by atoms with Crippen LogP contribution in [-0.2, 0) is 13.1 Å². The molecule has 1 aliphatic heterocycles. The summed E-state index contributed by atoms with van der Waals surface area (Å²) in [6.45, 7) is 12.1. The Morgan fingerprint density at radius 2 is 1.79 bits per heavy atom. The maximum absolute atomic E-state index is 5.82. The minimum Gasteiger partial charge on any atom is -0.493 e. The number of hydrogen-bond acceptors (Lipinski definition) is 6. The molecule has 6 nitrogen and oxygen atoms in total. The molecule has 1 aliphatic rings. The predicted octanol–water partition coefficient (Wildman–Crippen LogP) is 3.09. The van der Waals surface area contributed by atoms with Gasteiger partial charge in [-0.3, -0.25) is 0 Å². The van der Waals surface area contributed by atoms with Crippen LogP contribution in [0.4, 0.5) is 5.82 Å². The van der Waals surface area contributed by atoms with Crippen molar-refractivity contribution in [3.63, 3.8) is 0 Å². The zero-order valence-corrected chi connectivity index (χ0v) is 17.8. The van der Waals surface area contributed by atoms with Gasteiger partial charge in [-0.2, -0.15) is 0 Å². The third-order valence-corrected chi connectivity index (χ3v) is 5.00. The Kier molecular flexibility index (Phi) is 7.49. The monoisotopic (exact) mass is 396 g/mol. The van der Waals surface area contributed by atoms with Gasteiger partial charge in [0.15, 0.2) is 11.5 Å². The Hall–Kier alpha value is -2.57. The summed E-state index contributed by atoms with van der Waals surface area (Å²) in [5.74, 6) is 2.55. The van der Waals surface area contributed by atoms with Gasteiger partial charge in [-0.15, -0.1) is 0 Å². The van der Waals surface area contributed by atoms with Crippen molar-refractivity contribution in [1.29, 1.82) is 0 Å². The lowest BCUT2D eigenvalue weighted by Crippen LogP contribution is -2.44. The molecule has 0 unspecified atom stereocenters. The first-order valence-corrected chi connectivity index (χ1v) is 10.1. The van der Waals surface area contributed by atoms with Gasteiger partial charge in [0.2, 0.25) is 0 Å². The standard InChI is InChI=1S/C23H32N4O2/c1-18(2)17-29-22-13-19(5-6-21(22)28-4)15-24-16-20-7-8-25-23(14-20)27-11-9-26(3)10-12-27/h5-8,13-14,24H,1,9-12,15-17H2,2-4H3. The van der Waals surface area contributed by atoms with Crippen LogP contribution in [-0.4, -0.2) is 56.8 Å². The first-order chi connectivity index (χ1) is 14.0. The maximum Gasteiger partial charge on any atom is 0.161 e. The number of hydrogen-bond donors (Lipinski definition) is 1. The SMILES string of the molecule is C=C(C)COc1cc(CNCc2ccnc(N3CCN(C)CC3)c2)ccc1OC. The molecule has 0 atom stereocenters. The molecule has 2 heterocycles. The zero-order chi connectivity index (χ0) is 20.6. The number of pyridine rings is 1. The van der Waals surface area contributed by atoms with Crippen LogP contribution in [0.3, 0.4) is 0 Å². The summed E-state index contributed by atoms with van der Waals surface area (Å²) in [4.78, 5) is 9.27. The van der Waals surface area contributed by atoms with E-state index in [0.717, 1.165) is 67.7 Å². The highest BCUT2D eigenvalue weighted by Gasteiger charge is 2.15. The van der Waals surface area contributed by atoms with E-state index in [2.05, 4.69) is 51.9 Å². The molecule has 0 amide bonds. The Labute approximate surface area is 174 Å². The lowest BCUT2D eigenvalue weighted by atomic mass is 10.2. The Balaban J connectivity index is 1.56. The van der Waals surface area contributed by atoms with Crippen LogP contribution in [0.1, 0.15) is 18.1 Å². The van der Waals surface area contributed by atoms with Gasteiger partial charge in [-0.05, 0) is 54.9 Å². The fraction of sp³-hybridized carbons (Fsp3) is 0.435. The van der Waals surface area contributed by atoms with E-state index >= 15 is 0 Å². The first kappa shape index (κ1) is 21.1. The topological polar surface area (TPSA) is 49.9 Å². The molecule has 29 heavy (non-hydrogen) atoms. The zero-order valence-electron chi connectivity index (χ0n) is 17.8. The molecule has 6 heteroatoms. The summed E-state index contributed by atoms with van der Waals surface area (Å²) in [6.07, 6.45) is 1.90. The highest BCUT2D eigenvalue weighted by atomic mass is 16.5. The number of nitrogens with one attached hydrogen (secondary N) is 1. The van der Waals surface area contributed by atoms with Gasteiger partial charge in [0.05, 0.1) is 7.11 Å². The molecular formula is C23H32N4O2. The summed E-state index contributed by atoms with van der Waals surface area (Å²) in [7, 11) is 3.82. The number of nitrogens with zero attached hydrogens (tertiary/aromatic N) is 3. The molecule has 156 valence electrons. The van der Waals surface area contributed by atoms with Gasteiger partial charge in [0.25, 0.3) is 0 Å². The van der Waals surface area contributed by atoms with Gasteiger partial charge in [-0.25, -0.2) is 4.98 Å². The second-order valence-electron chi connectivity index (χ2n) is 7.65. The lowest BCUT2D eigenvalue weighted by Gasteiger charge is -2.33. The summed E-state index contributed by atoms with van der Waals surface area (Å²) < 4.78 is 11.2. The smallest absolute Gasteiger partial charge is 0.161 e. The van der Waals surface area contributed by atoms with E-state index in [1.54, 1.807) is 7.11 Å². The van der Waals surface area contributed by atoms with Crippen molar-refractivity contribution in [3.8, 4) is 11.5 Å². The van der Waals surface area contributed by atoms with Crippen molar-refractivity contribution in [2.75, 3.05) is 51.8 Å². The summed E-state index contributed by atoms with van der Waals surface area (Å²) in [6, 6.07) is 10.3. The van der Waals surface area contributed by atoms with Gasteiger partial charge in [-0.1, -0.05) is 12.6 Å². The summed E-state index contributed by atoms with van der Waals surface area (Å²) >= 11 is 0. The van der Waals surface area contributed by atoms with E-state index in [1.807, 2.05) is 25.3 Å². The molecule has 1 aromatic carbocycles. The average Bonchev–Trinajstić information content (AvgIpc) is 2.73. The summed E-state index contributed by atoms with van der Waals surface area (Å²) in [5.41, 5.74) is 3.36. The number of rotatable bonds is 9. The number of methoxy groups -OCH3 is 1. The van der Waals surface area contributed by atoms with Crippen LogP contribution in [0, 0.1) is 0 Å². The number of aromatic nitrogens is 1. The number of anilines is 1. The van der Waals surface area contributed by atoms with Crippen molar-refractivity contribution >= 4 is 5.82 Å². The van der Waals surface area contributed by atoms with Crippen molar-refractivity contribution in [1.82, 2.24) is 15.2 Å². The van der Waals surface area contributed by atoms with Crippen molar-refractivity contribution in [3.05, 3.63) is 59.8 Å². The molecule has 0 saturated carbocycles. The van der Waals surface area contributed by atoms with E-state index < -0.39 is 0 Å². The highest BCUT2D eigenvalue weighted by Crippen LogP contribution is 2.28. The molecule has 0 bridgehead atoms. The van der Waals surface area contributed by atoms with Crippen LogP contribution < -0.4 is 19.7 Å². The van der Waals surface area contributed by atoms with Crippen LogP contribution in [0.5, 0.6) is 11.5 Å². The molecule has 2 aromatic rings. The fourth-order valence-electron chi connectivity index (χ4n) is 3.28. The molecule has 1 aromatic heterocycles. The Bertz CT molecular complexity index is 816. The van der Waals surface area contributed by atoms with Crippen LogP contribution in [0.25, 0.3) is 0 Å². The molecule has 1 fully saturated rings. The Morgan fingerprint density at radius 1 is 1.07 bits per heavy atom. The van der Waals surface area contributed by atoms with Crippen LogP contribution in [0.15, 0.2) is 48.7 Å². The van der Waals surface area contributed by atoms with E-state index in [4.69, 9.17) is 9.47 Å². The average molecular weight is 397 g/mol. The Morgan fingerprint density at radius 3 is 2.48 bits per heavy atom. The van der Waals surface area contributed by atoms with Crippen LogP contribution in [0.2, 0.25) is 0 Å². The summed E-state index contributed by atoms with van der Waals surface area (Å²) in [5, 5.41) is 3.52. The van der Waals surface area contributed by atoms with Crippen LogP contribution >= 0.6 is 0 Å². The first-order valence-electron chi connectivity index (χ1n) is 10.1. The quantitative estimate of drug-likeness (QED) is 0.658. The number of ether oxygens (including phenoxy) is 2. The normalized spacial score (nSPS) is 14.7. The molecule has 0 spiro atoms. The molecule has 1 N–H and O–H groups in total. The van der Waals surface area contributed by atoms with Gasteiger partial charge < -0.3 is 24.6 Å². The number of likely N-dealkylation sites (N-methyl/N-ethyl adjacent to an activating group) is 1. The van der Waals surface area contributed by atoms with Gasteiger partial charge in [0, 0.05) is 45.5 Å². The maximum atomic E-state index is 5.82. The van der Waals surface area contributed by atoms with Gasteiger partial charge in [0.1, 0.15) is 12.4 Å². The lowest BCUT2D eigenvalue weighted by molar-refractivity contribution is 0.312. The van der Waals surface area contributed by atoms with Crippen molar-refractivity contribution in [2.24, 2.45) is 0 Å². The number of benzene rings is 1. The van der Waals surface area contributed by atoms with E-state index in [1.165, 1.54) is 5.56 Å². The fourth-order valence-corrected chi connectivity index (χ4v) is 3.28. The molecule has 1 saturated heterocycles. The van der Waals surface area contributed by atoms with Crippen molar-refractivity contribution < 1.29 is 9.47 Å². The van der Waals surface area contributed by atoms with Crippen molar-refractivity contribution in [2.45, 2.75) is 20.0 Å².